The highest BCUT2D eigenvalue weighted by Crippen LogP contribution is 2.28. The predicted octanol–water partition coefficient (Wildman–Crippen LogP) is 3.08. The van der Waals surface area contributed by atoms with Crippen molar-refractivity contribution in [1.29, 1.82) is 5.26 Å². The number of rotatable bonds is 2. The first-order chi connectivity index (χ1) is 9.76. The second kappa shape index (κ2) is 5.81. The van der Waals surface area contributed by atoms with Gasteiger partial charge >= 0.3 is 0 Å². The summed E-state index contributed by atoms with van der Waals surface area (Å²) in [6.07, 6.45) is 4.50. The molecule has 0 spiro atoms. The minimum Gasteiger partial charge on any atom is -0.306 e. The number of nitrogens with zero attached hydrogens (tertiary/aromatic N) is 5. The monoisotopic (exact) mass is 305 g/mol. The lowest BCUT2D eigenvalue weighted by atomic mass is 10.2. The molecule has 2 aromatic rings. The second-order valence-corrected chi connectivity index (χ2v) is 5.97. The molecule has 7 heteroatoms. The maximum atomic E-state index is 8.96. The van der Waals surface area contributed by atoms with Gasteiger partial charge in [0.25, 0.3) is 0 Å². The van der Waals surface area contributed by atoms with Crippen molar-refractivity contribution in [2.75, 3.05) is 0 Å². The first-order valence-corrected chi connectivity index (χ1v) is 7.63. The number of fused-ring (bicyclic) bond motifs is 1. The lowest BCUT2D eigenvalue weighted by Crippen LogP contribution is -2.02. The third-order valence-electron chi connectivity index (χ3n) is 3.17. The van der Waals surface area contributed by atoms with Crippen LogP contribution in [0.1, 0.15) is 30.7 Å². The summed E-state index contributed by atoms with van der Waals surface area (Å²) in [6, 6.07) is 5.35. The summed E-state index contributed by atoms with van der Waals surface area (Å²) in [5, 5.41) is 19.3. The molecule has 1 aliphatic heterocycles. The van der Waals surface area contributed by atoms with E-state index in [9.17, 15) is 0 Å². The normalized spacial score (nSPS) is 14.4. The van der Waals surface area contributed by atoms with E-state index in [0.717, 1.165) is 36.8 Å². The van der Waals surface area contributed by atoms with Crippen LogP contribution in [0.2, 0.25) is 5.15 Å². The van der Waals surface area contributed by atoms with E-state index in [1.807, 2.05) is 0 Å². The summed E-state index contributed by atoms with van der Waals surface area (Å²) in [6.45, 7) is 0.941. The Kier molecular flexibility index (Phi) is 3.90. The van der Waals surface area contributed by atoms with Crippen LogP contribution in [0.3, 0.4) is 0 Å². The zero-order valence-corrected chi connectivity index (χ0v) is 12.3. The lowest BCUT2D eigenvalue weighted by Gasteiger charge is -2.06. The summed E-state index contributed by atoms with van der Waals surface area (Å²) in [5.41, 5.74) is 0.503. The van der Waals surface area contributed by atoms with Gasteiger partial charge in [0, 0.05) is 13.0 Å². The molecule has 2 aromatic heterocycles. The SMILES string of the molecule is N#Cc1cc(Cl)nc(Sc2nnc3n2CCCCC3)c1. The third-order valence-corrected chi connectivity index (χ3v) is 4.27. The van der Waals surface area contributed by atoms with Crippen LogP contribution in [-0.4, -0.2) is 19.7 Å². The van der Waals surface area contributed by atoms with Gasteiger partial charge in [0.2, 0.25) is 0 Å². The van der Waals surface area contributed by atoms with E-state index in [0.29, 0.717) is 15.7 Å². The number of halogens is 1. The fourth-order valence-electron chi connectivity index (χ4n) is 2.22. The van der Waals surface area contributed by atoms with Crippen molar-refractivity contribution in [2.24, 2.45) is 0 Å². The molecule has 5 nitrogen and oxygen atoms in total. The van der Waals surface area contributed by atoms with Crippen molar-refractivity contribution >= 4 is 23.4 Å². The smallest absolute Gasteiger partial charge is 0.197 e. The second-order valence-electron chi connectivity index (χ2n) is 4.59. The summed E-state index contributed by atoms with van der Waals surface area (Å²) in [5.74, 6) is 1.03. The molecule has 0 atom stereocenters. The van der Waals surface area contributed by atoms with E-state index in [-0.39, 0.29) is 0 Å². The first kappa shape index (κ1) is 13.4. The molecule has 0 radical (unpaired) electrons. The fourth-order valence-corrected chi connectivity index (χ4v) is 3.38. The third kappa shape index (κ3) is 2.79. The highest BCUT2D eigenvalue weighted by atomic mass is 35.5. The molecular formula is C13H12ClN5S. The van der Waals surface area contributed by atoms with E-state index in [1.54, 1.807) is 12.1 Å². The number of hydrogen-bond donors (Lipinski definition) is 0. The van der Waals surface area contributed by atoms with E-state index in [2.05, 4.69) is 25.8 Å². The molecule has 0 saturated heterocycles. The topological polar surface area (TPSA) is 67.4 Å². The molecule has 0 saturated carbocycles. The Morgan fingerprint density at radius 1 is 1.25 bits per heavy atom. The Labute approximate surface area is 126 Å². The molecule has 102 valence electrons. The van der Waals surface area contributed by atoms with Crippen LogP contribution in [0.5, 0.6) is 0 Å². The summed E-state index contributed by atoms with van der Waals surface area (Å²) in [7, 11) is 0. The van der Waals surface area contributed by atoms with E-state index >= 15 is 0 Å². The Balaban J connectivity index is 1.90. The number of aryl methyl sites for hydroxylation is 1. The van der Waals surface area contributed by atoms with Gasteiger partial charge < -0.3 is 4.57 Å². The van der Waals surface area contributed by atoms with E-state index in [1.165, 1.54) is 18.2 Å². The molecule has 0 unspecified atom stereocenters. The minimum atomic E-state index is 0.321. The van der Waals surface area contributed by atoms with Gasteiger partial charge in [-0.25, -0.2) is 4.98 Å². The highest BCUT2D eigenvalue weighted by molar-refractivity contribution is 7.99. The van der Waals surface area contributed by atoms with Gasteiger partial charge in [-0.15, -0.1) is 10.2 Å². The maximum absolute atomic E-state index is 8.96. The van der Waals surface area contributed by atoms with Crippen LogP contribution in [0, 0.1) is 11.3 Å². The average molecular weight is 306 g/mol. The predicted molar refractivity (Wildman–Crippen MR) is 75.7 cm³/mol. The average Bonchev–Trinajstić information content (AvgIpc) is 2.67. The molecule has 3 rings (SSSR count). The summed E-state index contributed by atoms with van der Waals surface area (Å²) >= 11 is 7.32. The molecule has 1 aliphatic rings. The number of pyridine rings is 1. The Morgan fingerprint density at radius 3 is 3.00 bits per heavy atom. The van der Waals surface area contributed by atoms with Crippen LogP contribution in [0.15, 0.2) is 22.3 Å². The van der Waals surface area contributed by atoms with Gasteiger partial charge in [0.05, 0.1) is 11.6 Å². The van der Waals surface area contributed by atoms with Gasteiger partial charge in [-0.05, 0) is 36.7 Å². The molecule has 0 N–H and O–H groups in total. The molecule has 0 aromatic carbocycles. The van der Waals surface area contributed by atoms with Crippen LogP contribution in [0.4, 0.5) is 0 Å². The Bertz CT molecular complexity index is 676. The lowest BCUT2D eigenvalue weighted by molar-refractivity contribution is 0.590. The molecule has 3 heterocycles. The number of hydrogen-bond acceptors (Lipinski definition) is 5. The number of nitriles is 1. The van der Waals surface area contributed by atoms with Gasteiger partial charge in [-0.1, -0.05) is 18.0 Å². The van der Waals surface area contributed by atoms with E-state index in [4.69, 9.17) is 16.9 Å². The summed E-state index contributed by atoms with van der Waals surface area (Å²) in [4.78, 5) is 4.23. The van der Waals surface area contributed by atoms with Crippen LogP contribution in [0.25, 0.3) is 0 Å². The Morgan fingerprint density at radius 2 is 2.15 bits per heavy atom. The van der Waals surface area contributed by atoms with Gasteiger partial charge in [0.15, 0.2) is 5.16 Å². The van der Waals surface area contributed by atoms with Gasteiger partial charge in [-0.2, -0.15) is 5.26 Å². The maximum Gasteiger partial charge on any atom is 0.197 e. The zero-order chi connectivity index (χ0) is 13.9. The molecular weight excluding hydrogens is 294 g/mol. The zero-order valence-electron chi connectivity index (χ0n) is 10.7. The van der Waals surface area contributed by atoms with Crippen molar-refractivity contribution in [1.82, 2.24) is 19.7 Å². The fraction of sp³-hybridized carbons (Fsp3) is 0.385. The van der Waals surface area contributed by atoms with Crippen LogP contribution < -0.4 is 0 Å². The van der Waals surface area contributed by atoms with Gasteiger partial charge in [-0.3, -0.25) is 0 Å². The van der Waals surface area contributed by atoms with Gasteiger partial charge in [0.1, 0.15) is 16.0 Å². The van der Waals surface area contributed by atoms with Crippen molar-refractivity contribution in [3.63, 3.8) is 0 Å². The highest BCUT2D eigenvalue weighted by Gasteiger charge is 2.16. The van der Waals surface area contributed by atoms with Crippen LogP contribution in [-0.2, 0) is 13.0 Å². The van der Waals surface area contributed by atoms with Crippen molar-refractivity contribution in [3.05, 3.63) is 28.7 Å². The summed E-state index contributed by atoms with van der Waals surface area (Å²) < 4.78 is 2.15. The van der Waals surface area contributed by atoms with E-state index < -0.39 is 0 Å². The molecule has 20 heavy (non-hydrogen) atoms. The molecule has 0 amide bonds. The molecule has 0 bridgehead atoms. The minimum absolute atomic E-state index is 0.321. The quantitative estimate of drug-likeness (QED) is 0.798. The molecule has 0 fully saturated rings. The Hall–Kier alpha value is -1.58. The first-order valence-electron chi connectivity index (χ1n) is 6.44. The number of aromatic nitrogens is 4. The largest absolute Gasteiger partial charge is 0.306 e. The van der Waals surface area contributed by atoms with Crippen molar-refractivity contribution in [3.8, 4) is 6.07 Å². The molecule has 0 aliphatic carbocycles. The van der Waals surface area contributed by atoms with Crippen molar-refractivity contribution < 1.29 is 0 Å². The standard InChI is InChI=1S/C13H12ClN5S/c14-10-6-9(8-15)7-12(16-10)20-13-18-17-11-4-2-1-3-5-19(11)13/h6-7H,1-5H2. The van der Waals surface area contributed by atoms with Crippen molar-refractivity contribution in [2.45, 2.75) is 42.4 Å². The van der Waals surface area contributed by atoms with Crippen LogP contribution >= 0.6 is 23.4 Å².